The third-order valence-electron chi connectivity index (χ3n) is 3.94. The first-order chi connectivity index (χ1) is 9.45. The average molecular weight is 280 g/mol. The molecular weight excluding hydrogens is 260 g/mol. The van der Waals surface area contributed by atoms with Gasteiger partial charge in [-0.3, -0.25) is 4.68 Å². The number of nitrogens with zero attached hydrogens (tertiary/aromatic N) is 3. The van der Waals surface area contributed by atoms with E-state index in [4.69, 9.17) is 0 Å². The Morgan fingerprint density at radius 1 is 1.50 bits per heavy atom. The lowest BCUT2D eigenvalue weighted by Gasteiger charge is -2.41. The van der Waals surface area contributed by atoms with Crippen molar-refractivity contribution in [3.05, 3.63) is 18.0 Å². The zero-order chi connectivity index (χ0) is 14.8. The molecule has 20 heavy (non-hydrogen) atoms. The Balaban J connectivity index is 2.03. The summed E-state index contributed by atoms with van der Waals surface area (Å²) < 4.78 is 1.67. The topological polar surface area (TPSA) is 87.5 Å². The molecule has 110 valence electrons. The van der Waals surface area contributed by atoms with Crippen molar-refractivity contribution < 1.29 is 14.7 Å². The molecule has 1 unspecified atom stereocenters. The number of nitrogens with one attached hydrogen (secondary N) is 1. The molecule has 1 saturated heterocycles. The van der Waals surface area contributed by atoms with Gasteiger partial charge in [0.05, 0.1) is 12.2 Å². The lowest BCUT2D eigenvalue weighted by atomic mass is 9.89. The standard InChI is InChI=1S/C13H20N4O3/c1-13(11(18)19)6-3-4-8-17(13)12(20)14-9-10-5-7-15-16(10)2/h5,7H,3-4,6,8-9H2,1-2H3,(H,14,20)(H,18,19). The van der Waals surface area contributed by atoms with Crippen LogP contribution >= 0.6 is 0 Å². The van der Waals surface area contributed by atoms with Crippen LogP contribution in [0.25, 0.3) is 0 Å². The summed E-state index contributed by atoms with van der Waals surface area (Å²) in [6.45, 7) is 2.42. The number of urea groups is 1. The minimum Gasteiger partial charge on any atom is -0.480 e. The van der Waals surface area contributed by atoms with E-state index in [1.54, 1.807) is 24.9 Å². The fourth-order valence-corrected chi connectivity index (χ4v) is 2.51. The lowest BCUT2D eigenvalue weighted by molar-refractivity contribution is -0.150. The van der Waals surface area contributed by atoms with E-state index in [-0.39, 0.29) is 6.03 Å². The zero-order valence-corrected chi connectivity index (χ0v) is 11.8. The number of amides is 2. The highest BCUT2D eigenvalue weighted by molar-refractivity contribution is 5.86. The molecule has 7 nitrogen and oxygen atoms in total. The predicted octanol–water partition coefficient (Wildman–Crippen LogP) is 0.959. The number of hydrogen-bond donors (Lipinski definition) is 2. The molecule has 0 aromatic carbocycles. The molecule has 0 radical (unpaired) electrons. The van der Waals surface area contributed by atoms with Crippen molar-refractivity contribution in [3.8, 4) is 0 Å². The number of carbonyl (C=O) groups is 2. The van der Waals surface area contributed by atoms with Crippen LogP contribution < -0.4 is 5.32 Å². The summed E-state index contributed by atoms with van der Waals surface area (Å²) in [4.78, 5) is 25.1. The second-order valence-corrected chi connectivity index (χ2v) is 5.29. The van der Waals surface area contributed by atoms with Crippen molar-refractivity contribution in [2.24, 2.45) is 7.05 Å². The van der Waals surface area contributed by atoms with Gasteiger partial charge in [-0.05, 0) is 32.3 Å². The second kappa shape index (κ2) is 5.52. The summed E-state index contributed by atoms with van der Waals surface area (Å²) in [5.74, 6) is -0.951. The quantitative estimate of drug-likeness (QED) is 0.863. The fraction of sp³-hybridized carbons (Fsp3) is 0.615. The molecule has 0 saturated carbocycles. The van der Waals surface area contributed by atoms with Crippen LogP contribution in [0.3, 0.4) is 0 Å². The maximum Gasteiger partial charge on any atom is 0.329 e. The third kappa shape index (κ3) is 2.61. The Hall–Kier alpha value is -2.05. The highest BCUT2D eigenvalue weighted by Gasteiger charge is 2.43. The van der Waals surface area contributed by atoms with Crippen LogP contribution in [0.4, 0.5) is 4.79 Å². The second-order valence-electron chi connectivity index (χ2n) is 5.29. The number of carboxylic acid groups (broad SMARTS) is 1. The van der Waals surface area contributed by atoms with Crippen molar-refractivity contribution in [1.82, 2.24) is 20.0 Å². The molecule has 1 aromatic heterocycles. The Morgan fingerprint density at radius 2 is 2.25 bits per heavy atom. The van der Waals surface area contributed by atoms with Crippen molar-refractivity contribution in [1.29, 1.82) is 0 Å². The Bertz CT molecular complexity index is 513. The van der Waals surface area contributed by atoms with E-state index in [2.05, 4.69) is 10.4 Å². The van der Waals surface area contributed by atoms with Crippen LogP contribution in [0.2, 0.25) is 0 Å². The maximum atomic E-state index is 12.2. The number of piperidine rings is 1. The zero-order valence-electron chi connectivity index (χ0n) is 11.8. The molecule has 0 aliphatic carbocycles. The fourth-order valence-electron chi connectivity index (χ4n) is 2.51. The van der Waals surface area contributed by atoms with Gasteiger partial charge in [0.25, 0.3) is 0 Å². The van der Waals surface area contributed by atoms with Crippen LogP contribution in [0.1, 0.15) is 31.9 Å². The van der Waals surface area contributed by atoms with Gasteiger partial charge in [-0.25, -0.2) is 9.59 Å². The van der Waals surface area contributed by atoms with Crippen LogP contribution in [0.5, 0.6) is 0 Å². The molecule has 2 heterocycles. The van der Waals surface area contributed by atoms with Gasteiger partial charge >= 0.3 is 12.0 Å². The number of aromatic nitrogens is 2. The van der Waals surface area contributed by atoms with Gasteiger partial charge in [-0.1, -0.05) is 0 Å². The van der Waals surface area contributed by atoms with E-state index in [0.717, 1.165) is 18.5 Å². The van der Waals surface area contributed by atoms with Crippen LogP contribution in [0, 0.1) is 0 Å². The van der Waals surface area contributed by atoms with Crippen LogP contribution in [0.15, 0.2) is 12.3 Å². The van der Waals surface area contributed by atoms with Gasteiger partial charge < -0.3 is 15.3 Å². The third-order valence-corrected chi connectivity index (χ3v) is 3.94. The molecule has 1 atom stereocenters. The SMILES string of the molecule is Cn1nccc1CNC(=O)N1CCCCC1(C)C(=O)O. The first kappa shape index (κ1) is 14.4. The Labute approximate surface area is 117 Å². The number of aryl methyl sites for hydroxylation is 1. The van der Waals surface area contributed by atoms with E-state index in [9.17, 15) is 14.7 Å². The normalized spacial score (nSPS) is 22.6. The molecule has 2 N–H and O–H groups in total. The highest BCUT2D eigenvalue weighted by Crippen LogP contribution is 2.28. The maximum absolute atomic E-state index is 12.2. The predicted molar refractivity (Wildman–Crippen MR) is 72.0 cm³/mol. The summed E-state index contributed by atoms with van der Waals surface area (Å²) in [5, 5.41) is 16.2. The molecule has 0 spiro atoms. The highest BCUT2D eigenvalue weighted by atomic mass is 16.4. The van der Waals surface area contributed by atoms with E-state index in [0.29, 0.717) is 19.5 Å². The minimum atomic E-state index is -1.12. The largest absolute Gasteiger partial charge is 0.480 e. The van der Waals surface area contributed by atoms with Gasteiger partial charge in [0.15, 0.2) is 0 Å². The number of hydrogen-bond acceptors (Lipinski definition) is 3. The van der Waals surface area contributed by atoms with Crippen molar-refractivity contribution in [3.63, 3.8) is 0 Å². The molecule has 1 aromatic rings. The van der Waals surface area contributed by atoms with Gasteiger partial charge in [-0.2, -0.15) is 5.10 Å². The number of carbonyl (C=O) groups excluding carboxylic acids is 1. The first-order valence-corrected chi connectivity index (χ1v) is 6.71. The number of carboxylic acids is 1. The van der Waals surface area contributed by atoms with Gasteiger partial charge in [-0.15, -0.1) is 0 Å². The molecule has 1 fully saturated rings. The van der Waals surface area contributed by atoms with E-state index in [1.165, 1.54) is 4.90 Å². The average Bonchev–Trinajstić information content (AvgIpc) is 2.82. The lowest BCUT2D eigenvalue weighted by Crippen LogP contribution is -2.59. The summed E-state index contributed by atoms with van der Waals surface area (Å²) in [5.41, 5.74) is -0.248. The molecule has 0 bridgehead atoms. The smallest absolute Gasteiger partial charge is 0.329 e. The van der Waals surface area contributed by atoms with Crippen LogP contribution in [-0.2, 0) is 18.4 Å². The summed E-state index contributed by atoms with van der Waals surface area (Å²) in [7, 11) is 1.80. The van der Waals surface area contributed by atoms with Gasteiger partial charge in [0.1, 0.15) is 5.54 Å². The molecule has 7 heteroatoms. The van der Waals surface area contributed by atoms with Crippen molar-refractivity contribution in [2.45, 2.75) is 38.3 Å². The molecule has 2 amide bonds. The molecular formula is C13H20N4O3. The van der Waals surface area contributed by atoms with Gasteiger partial charge in [0, 0.05) is 19.8 Å². The summed E-state index contributed by atoms with van der Waals surface area (Å²) in [6.07, 6.45) is 3.81. The monoisotopic (exact) mass is 280 g/mol. The Morgan fingerprint density at radius 3 is 2.85 bits per heavy atom. The minimum absolute atomic E-state index is 0.335. The van der Waals surface area contributed by atoms with Crippen molar-refractivity contribution in [2.75, 3.05) is 6.54 Å². The Kier molecular flexibility index (Phi) is 3.96. The number of likely N-dealkylation sites (tertiary alicyclic amines) is 1. The number of rotatable bonds is 3. The van der Waals surface area contributed by atoms with E-state index < -0.39 is 11.5 Å². The molecule has 2 rings (SSSR count). The molecule has 1 aliphatic heterocycles. The van der Waals surface area contributed by atoms with Gasteiger partial charge in [0.2, 0.25) is 0 Å². The summed E-state index contributed by atoms with van der Waals surface area (Å²) in [6, 6.07) is 1.48. The number of aliphatic carboxylic acids is 1. The first-order valence-electron chi connectivity index (χ1n) is 6.71. The summed E-state index contributed by atoms with van der Waals surface area (Å²) >= 11 is 0. The molecule has 1 aliphatic rings. The van der Waals surface area contributed by atoms with Crippen molar-refractivity contribution >= 4 is 12.0 Å². The van der Waals surface area contributed by atoms with Crippen LogP contribution in [-0.4, -0.2) is 43.9 Å². The van der Waals surface area contributed by atoms with E-state index in [1.807, 2.05) is 6.07 Å². The van der Waals surface area contributed by atoms with E-state index >= 15 is 0 Å².